The van der Waals surface area contributed by atoms with E-state index in [2.05, 4.69) is 85.3 Å². The Bertz CT molecular complexity index is 1390. The van der Waals surface area contributed by atoms with E-state index in [4.69, 9.17) is 0 Å². The quantitative estimate of drug-likeness (QED) is 0.211. The number of thiophene rings is 6. The third kappa shape index (κ3) is 3.79. The molecule has 0 saturated heterocycles. The highest BCUT2D eigenvalue weighted by atomic mass is 32.1. The zero-order chi connectivity index (χ0) is 21.7. The molecule has 0 amide bonds. The van der Waals surface area contributed by atoms with Gasteiger partial charge < -0.3 is 0 Å². The average molecular weight is 523 g/mol. The van der Waals surface area contributed by atoms with Gasteiger partial charge in [-0.05, 0) is 85.3 Å². The van der Waals surface area contributed by atoms with Crippen molar-refractivity contribution in [2.24, 2.45) is 0 Å². The maximum Gasteiger partial charge on any atom is 0.0529 e. The molecule has 0 aliphatic carbocycles. The van der Waals surface area contributed by atoms with Gasteiger partial charge in [-0.2, -0.15) is 0 Å². The van der Waals surface area contributed by atoms with Gasteiger partial charge >= 0.3 is 0 Å². The van der Waals surface area contributed by atoms with Crippen molar-refractivity contribution >= 4 is 68.0 Å². The standard InChI is InChI=1S/C26H18S6/c1-15-3-5-19(29-15)17-11-13-27-25(17)23-9-7-21(31-23)22-8-10-24(32-22)26-18(12-14-28-26)20-6-4-16(2)30-20/h3-14H,1-2H3. The minimum absolute atomic E-state index is 1.35. The van der Waals surface area contributed by atoms with Crippen LogP contribution in [0.25, 0.3) is 50.1 Å². The fraction of sp³-hybridized carbons (Fsp3) is 0.0769. The third-order valence-corrected chi connectivity index (χ3v) is 11.9. The SMILES string of the molecule is Cc1ccc(-c2ccsc2-c2ccc(-c3ccc(-c4sccc4-c4ccc(C)s4)s3)s2)s1. The van der Waals surface area contributed by atoms with Gasteiger partial charge in [0.05, 0.1) is 9.75 Å². The van der Waals surface area contributed by atoms with Crippen LogP contribution in [0.4, 0.5) is 0 Å². The van der Waals surface area contributed by atoms with Crippen molar-refractivity contribution in [1.29, 1.82) is 0 Å². The molecule has 0 saturated carbocycles. The van der Waals surface area contributed by atoms with Crippen molar-refractivity contribution in [1.82, 2.24) is 0 Å². The lowest BCUT2D eigenvalue weighted by Crippen LogP contribution is -1.70. The average Bonchev–Trinajstić information content (AvgIpc) is 3.60. The number of hydrogen-bond acceptors (Lipinski definition) is 6. The molecule has 0 N–H and O–H groups in total. The van der Waals surface area contributed by atoms with Crippen molar-refractivity contribution in [2.75, 3.05) is 0 Å². The topological polar surface area (TPSA) is 0 Å². The summed E-state index contributed by atoms with van der Waals surface area (Å²) in [6.07, 6.45) is 0. The van der Waals surface area contributed by atoms with Gasteiger partial charge in [-0.25, -0.2) is 0 Å². The summed E-state index contributed by atoms with van der Waals surface area (Å²) < 4.78 is 0. The number of hydrogen-bond donors (Lipinski definition) is 0. The summed E-state index contributed by atoms with van der Waals surface area (Å²) in [4.78, 5) is 13.6. The van der Waals surface area contributed by atoms with Gasteiger partial charge in [-0.3, -0.25) is 0 Å². The van der Waals surface area contributed by atoms with Gasteiger partial charge in [0.25, 0.3) is 0 Å². The molecular weight excluding hydrogens is 505 g/mol. The Morgan fingerprint density at radius 1 is 0.406 bits per heavy atom. The molecule has 0 atom stereocenters. The molecule has 6 rings (SSSR count). The van der Waals surface area contributed by atoms with E-state index in [-0.39, 0.29) is 0 Å². The lowest BCUT2D eigenvalue weighted by Gasteiger charge is -1.99. The Labute approximate surface area is 211 Å². The third-order valence-electron chi connectivity index (χ3n) is 5.24. The van der Waals surface area contributed by atoms with Crippen LogP contribution in [-0.2, 0) is 0 Å². The second-order valence-corrected chi connectivity index (χ2v) is 14.1. The maximum atomic E-state index is 2.29. The molecule has 0 nitrogen and oxygen atoms in total. The molecule has 6 heterocycles. The van der Waals surface area contributed by atoms with Crippen molar-refractivity contribution in [3.63, 3.8) is 0 Å². The van der Waals surface area contributed by atoms with Crippen LogP contribution in [0, 0.1) is 13.8 Å². The molecule has 6 aromatic heterocycles. The summed E-state index contributed by atoms with van der Waals surface area (Å²) in [7, 11) is 0. The summed E-state index contributed by atoms with van der Waals surface area (Å²) >= 11 is 11.2. The number of aryl methyl sites for hydroxylation is 2. The van der Waals surface area contributed by atoms with E-state index in [0.29, 0.717) is 0 Å². The predicted octanol–water partition coefficient (Wildman–Crippen LogP) is 11.0. The van der Waals surface area contributed by atoms with Gasteiger partial charge in [0, 0.05) is 50.1 Å². The normalized spacial score (nSPS) is 11.4. The Kier molecular flexibility index (Phi) is 5.53. The van der Waals surface area contributed by atoms with Crippen LogP contribution in [0.3, 0.4) is 0 Å². The van der Waals surface area contributed by atoms with Gasteiger partial charge in [-0.1, -0.05) is 0 Å². The molecule has 0 fully saturated rings. The van der Waals surface area contributed by atoms with Gasteiger partial charge in [0.1, 0.15) is 0 Å². The Hall–Kier alpha value is -1.80. The highest BCUT2D eigenvalue weighted by Gasteiger charge is 2.16. The minimum atomic E-state index is 1.35. The van der Waals surface area contributed by atoms with Gasteiger partial charge in [0.15, 0.2) is 0 Å². The summed E-state index contributed by atoms with van der Waals surface area (Å²) in [5.41, 5.74) is 2.73. The molecule has 0 aliphatic heterocycles. The smallest absolute Gasteiger partial charge is 0.0529 e. The minimum Gasteiger partial charge on any atom is -0.142 e. The highest BCUT2D eigenvalue weighted by molar-refractivity contribution is 7.28. The molecule has 0 bridgehead atoms. The Morgan fingerprint density at radius 3 is 1.22 bits per heavy atom. The lowest BCUT2D eigenvalue weighted by atomic mass is 10.2. The molecule has 0 spiro atoms. The summed E-state index contributed by atoms with van der Waals surface area (Å²) in [6.45, 7) is 4.35. The van der Waals surface area contributed by atoms with E-state index in [1.807, 2.05) is 68.0 Å². The molecule has 6 aromatic rings. The van der Waals surface area contributed by atoms with Crippen molar-refractivity contribution in [3.8, 4) is 50.1 Å². The zero-order valence-corrected chi connectivity index (χ0v) is 22.3. The van der Waals surface area contributed by atoms with Crippen molar-refractivity contribution in [3.05, 3.63) is 81.2 Å². The maximum absolute atomic E-state index is 2.29. The molecule has 0 aliphatic rings. The number of rotatable bonds is 5. The largest absolute Gasteiger partial charge is 0.142 e. The van der Waals surface area contributed by atoms with E-state index >= 15 is 0 Å². The predicted molar refractivity (Wildman–Crippen MR) is 150 cm³/mol. The van der Waals surface area contributed by atoms with Gasteiger partial charge in [0.2, 0.25) is 0 Å². The molecule has 6 heteroatoms. The van der Waals surface area contributed by atoms with Crippen LogP contribution in [0.15, 0.2) is 71.4 Å². The first-order valence-corrected chi connectivity index (χ1v) is 15.2. The van der Waals surface area contributed by atoms with Crippen LogP contribution in [0.1, 0.15) is 9.75 Å². The van der Waals surface area contributed by atoms with Crippen LogP contribution in [0.2, 0.25) is 0 Å². The summed E-state index contributed by atoms with van der Waals surface area (Å²) in [5, 5.41) is 4.43. The first kappa shape index (κ1) is 20.8. The lowest BCUT2D eigenvalue weighted by molar-refractivity contribution is 1.64. The molecule has 0 unspecified atom stereocenters. The molecule has 0 radical (unpaired) electrons. The zero-order valence-electron chi connectivity index (χ0n) is 17.4. The fourth-order valence-electron chi connectivity index (χ4n) is 3.73. The first-order valence-electron chi connectivity index (χ1n) is 10.1. The molecule has 158 valence electrons. The fourth-order valence-corrected chi connectivity index (χ4v) is 9.87. The van der Waals surface area contributed by atoms with E-state index < -0.39 is 0 Å². The Balaban J connectivity index is 1.32. The molecule has 0 aromatic carbocycles. The first-order chi connectivity index (χ1) is 15.7. The molecular formula is C26H18S6. The van der Waals surface area contributed by atoms with E-state index in [1.165, 1.54) is 59.9 Å². The van der Waals surface area contributed by atoms with E-state index in [1.54, 1.807) is 0 Å². The monoisotopic (exact) mass is 522 g/mol. The van der Waals surface area contributed by atoms with Crippen molar-refractivity contribution in [2.45, 2.75) is 13.8 Å². The molecule has 32 heavy (non-hydrogen) atoms. The van der Waals surface area contributed by atoms with Crippen LogP contribution in [0.5, 0.6) is 0 Å². The van der Waals surface area contributed by atoms with E-state index in [9.17, 15) is 0 Å². The summed E-state index contributed by atoms with van der Waals surface area (Å²) in [5.74, 6) is 0. The van der Waals surface area contributed by atoms with Crippen LogP contribution in [-0.4, -0.2) is 0 Å². The van der Waals surface area contributed by atoms with E-state index in [0.717, 1.165) is 0 Å². The second kappa shape index (κ2) is 8.52. The van der Waals surface area contributed by atoms with Crippen LogP contribution >= 0.6 is 68.0 Å². The van der Waals surface area contributed by atoms with Crippen molar-refractivity contribution < 1.29 is 0 Å². The van der Waals surface area contributed by atoms with Gasteiger partial charge in [-0.15, -0.1) is 68.0 Å². The second-order valence-electron chi connectivity index (χ2n) is 7.48. The summed E-state index contributed by atoms with van der Waals surface area (Å²) in [6, 6.07) is 22.6. The highest BCUT2D eigenvalue weighted by Crippen LogP contribution is 2.47. The van der Waals surface area contributed by atoms with Crippen LogP contribution < -0.4 is 0 Å². The Morgan fingerprint density at radius 2 is 0.812 bits per heavy atom.